The predicted octanol–water partition coefficient (Wildman–Crippen LogP) is 5.90. The Kier molecular flexibility index (Phi) is 5.87. The monoisotopic (exact) mass is 450 g/mol. The number of ether oxygens (including phenoxy) is 1. The Morgan fingerprint density at radius 1 is 1.10 bits per heavy atom. The van der Waals surface area contributed by atoms with E-state index in [9.17, 15) is 0 Å². The van der Waals surface area contributed by atoms with Crippen LogP contribution in [0.3, 0.4) is 0 Å². The summed E-state index contributed by atoms with van der Waals surface area (Å²) in [5.74, 6) is 1.63. The number of halogens is 1. The smallest absolute Gasteiger partial charge is 0.146 e. The zero-order chi connectivity index (χ0) is 21.2. The average molecular weight is 451 g/mol. The Bertz CT molecular complexity index is 1210. The van der Waals surface area contributed by atoms with E-state index in [4.69, 9.17) is 26.3 Å². The van der Waals surface area contributed by atoms with Crippen LogP contribution in [0.4, 0.5) is 11.5 Å². The first kappa shape index (κ1) is 20.4. The van der Waals surface area contributed by atoms with Crippen molar-refractivity contribution in [1.82, 2.24) is 14.9 Å². The standard InChI is InChI=1S/C24H23ClN4OS/c1-16-7-8-18(13-20(16)25)26-23-22-19(17-5-3-2-4-6-17)15-31-24(22)28-21(27-23)14-29-9-11-30-12-10-29/h2-8,13,15H,9-12,14H2,1H3,(H,26,27,28). The fraction of sp³-hybridized carbons (Fsp3) is 0.250. The Hall–Kier alpha value is -2.51. The fourth-order valence-corrected chi connectivity index (χ4v) is 4.89. The molecule has 7 heteroatoms. The molecule has 2 aromatic carbocycles. The van der Waals surface area contributed by atoms with E-state index in [1.165, 1.54) is 0 Å². The van der Waals surface area contributed by atoms with Gasteiger partial charge in [0.05, 0.1) is 25.1 Å². The molecule has 0 unspecified atom stereocenters. The van der Waals surface area contributed by atoms with Crippen molar-refractivity contribution in [3.8, 4) is 11.1 Å². The summed E-state index contributed by atoms with van der Waals surface area (Å²) in [5, 5.41) is 7.46. The zero-order valence-corrected chi connectivity index (χ0v) is 18.8. The molecular weight excluding hydrogens is 428 g/mol. The minimum Gasteiger partial charge on any atom is -0.379 e. The van der Waals surface area contributed by atoms with Gasteiger partial charge in [-0.3, -0.25) is 4.90 Å². The molecular formula is C24H23ClN4OS. The molecule has 158 valence electrons. The van der Waals surface area contributed by atoms with E-state index >= 15 is 0 Å². The third-order valence-electron chi connectivity index (χ3n) is 5.47. The highest BCUT2D eigenvalue weighted by Gasteiger charge is 2.18. The van der Waals surface area contributed by atoms with Gasteiger partial charge in [0.1, 0.15) is 16.5 Å². The molecule has 1 N–H and O–H groups in total. The number of rotatable bonds is 5. The van der Waals surface area contributed by atoms with Gasteiger partial charge in [-0.15, -0.1) is 11.3 Å². The molecule has 2 aromatic heterocycles. The maximum atomic E-state index is 6.38. The van der Waals surface area contributed by atoms with Gasteiger partial charge >= 0.3 is 0 Å². The van der Waals surface area contributed by atoms with Crippen molar-refractivity contribution in [2.24, 2.45) is 0 Å². The van der Waals surface area contributed by atoms with E-state index in [1.807, 2.05) is 31.2 Å². The number of nitrogens with one attached hydrogen (secondary N) is 1. The number of morpholine rings is 1. The summed E-state index contributed by atoms with van der Waals surface area (Å²) in [6.45, 7) is 6.02. The van der Waals surface area contributed by atoms with E-state index in [0.29, 0.717) is 6.54 Å². The van der Waals surface area contributed by atoms with Crippen molar-refractivity contribution >= 4 is 44.7 Å². The Morgan fingerprint density at radius 3 is 2.68 bits per heavy atom. The summed E-state index contributed by atoms with van der Waals surface area (Å²) in [7, 11) is 0. The van der Waals surface area contributed by atoms with Crippen molar-refractivity contribution in [2.45, 2.75) is 13.5 Å². The lowest BCUT2D eigenvalue weighted by molar-refractivity contribution is 0.0331. The number of benzene rings is 2. The van der Waals surface area contributed by atoms with Crippen LogP contribution in [0.5, 0.6) is 0 Å². The van der Waals surface area contributed by atoms with Gasteiger partial charge in [0.15, 0.2) is 0 Å². The number of hydrogen-bond acceptors (Lipinski definition) is 6. The van der Waals surface area contributed by atoms with Gasteiger partial charge in [0, 0.05) is 34.7 Å². The SMILES string of the molecule is Cc1ccc(Nc2nc(CN3CCOCC3)nc3scc(-c4ccccc4)c23)cc1Cl. The topological polar surface area (TPSA) is 50.3 Å². The zero-order valence-electron chi connectivity index (χ0n) is 17.3. The molecule has 1 saturated heterocycles. The molecule has 1 aliphatic rings. The lowest BCUT2D eigenvalue weighted by atomic mass is 10.1. The van der Waals surface area contributed by atoms with Crippen molar-refractivity contribution in [3.63, 3.8) is 0 Å². The lowest BCUT2D eigenvalue weighted by Crippen LogP contribution is -2.36. The van der Waals surface area contributed by atoms with Crippen LogP contribution in [0.2, 0.25) is 5.02 Å². The molecule has 0 amide bonds. The predicted molar refractivity (Wildman–Crippen MR) is 128 cm³/mol. The molecule has 0 radical (unpaired) electrons. The Labute approximate surface area is 190 Å². The minimum atomic E-state index is 0.710. The van der Waals surface area contributed by atoms with E-state index < -0.39 is 0 Å². The molecule has 0 aliphatic carbocycles. The van der Waals surface area contributed by atoms with Gasteiger partial charge in [0.25, 0.3) is 0 Å². The fourth-order valence-electron chi connectivity index (χ4n) is 3.74. The number of hydrogen-bond donors (Lipinski definition) is 1. The maximum Gasteiger partial charge on any atom is 0.146 e. The molecule has 5 rings (SSSR count). The Balaban J connectivity index is 1.59. The number of thiophene rings is 1. The van der Waals surface area contributed by atoms with Crippen LogP contribution < -0.4 is 5.32 Å². The van der Waals surface area contributed by atoms with E-state index in [0.717, 1.165) is 75.6 Å². The third kappa shape index (κ3) is 4.43. The second kappa shape index (κ2) is 8.93. The first-order chi connectivity index (χ1) is 15.2. The summed E-state index contributed by atoms with van der Waals surface area (Å²) in [5.41, 5.74) is 4.26. The molecule has 0 atom stereocenters. The van der Waals surface area contributed by atoms with Crippen molar-refractivity contribution < 1.29 is 4.74 Å². The van der Waals surface area contributed by atoms with Gasteiger partial charge in [-0.25, -0.2) is 9.97 Å². The van der Waals surface area contributed by atoms with Gasteiger partial charge in [-0.05, 0) is 30.2 Å². The first-order valence-corrected chi connectivity index (χ1v) is 11.6. The highest BCUT2D eigenvalue weighted by Crippen LogP contribution is 2.38. The summed E-state index contributed by atoms with van der Waals surface area (Å²) in [6, 6.07) is 16.4. The van der Waals surface area contributed by atoms with E-state index in [-0.39, 0.29) is 0 Å². The van der Waals surface area contributed by atoms with Crippen LogP contribution in [0.25, 0.3) is 21.3 Å². The molecule has 31 heavy (non-hydrogen) atoms. The molecule has 5 nitrogen and oxygen atoms in total. The van der Waals surface area contributed by atoms with Crippen molar-refractivity contribution in [2.75, 3.05) is 31.6 Å². The summed E-state index contributed by atoms with van der Waals surface area (Å²) in [6.07, 6.45) is 0. The largest absolute Gasteiger partial charge is 0.379 e. The van der Waals surface area contributed by atoms with Crippen LogP contribution in [0.15, 0.2) is 53.9 Å². The second-order valence-electron chi connectivity index (χ2n) is 7.66. The van der Waals surface area contributed by atoms with Crippen molar-refractivity contribution in [1.29, 1.82) is 0 Å². The van der Waals surface area contributed by atoms with Crippen LogP contribution >= 0.6 is 22.9 Å². The number of nitrogens with zero attached hydrogens (tertiary/aromatic N) is 3. The van der Waals surface area contributed by atoms with Crippen LogP contribution in [-0.2, 0) is 11.3 Å². The first-order valence-electron chi connectivity index (χ1n) is 10.3. The molecule has 4 aromatic rings. The second-order valence-corrected chi connectivity index (χ2v) is 8.93. The lowest BCUT2D eigenvalue weighted by Gasteiger charge is -2.25. The highest BCUT2D eigenvalue weighted by atomic mass is 35.5. The third-order valence-corrected chi connectivity index (χ3v) is 6.75. The van der Waals surface area contributed by atoms with Crippen LogP contribution in [-0.4, -0.2) is 41.2 Å². The number of aryl methyl sites for hydroxylation is 1. The maximum absolute atomic E-state index is 6.38. The molecule has 0 spiro atoms. The molecule has 1 fully saturated rings. The highest BCUT2D eigenvalue weighted by molar-refractivity contribution is 7.17. The summed E-state index contributed by atoms with van der Waals surface area (Å²) < 4.78 is 5.48. The van der Waals surface area contributed by atoms with E-state index in [2.05, 4.69) is 39.9 Å². The van der Waals surface area contributed by atoms with Crippen molar-refractivity contribution in [3.05, 3.63) is 70.3 Å². The van der Waals surface area contributed by atoms with Gasteiger partial charge < -0.3 is 10.1 Å². The normalized spacial score (nSPS) is 14.8. The van der Waals surface area contributed by atoms with Gasteiger partial charge in [0.2, 0.25) is 0 Å². The number of anilines is 2. The molecule has 3 heterocycles. The molecule has 0 saturated carbocycles. The van der Waals surface area contributed by atoms with Crippen LogP contribution in [0, 0.1) is 6.92 Å². The Morgan fingerprint density at radius 2 is 1.90 bits per heavy atom. The minimum absolute atomic E-state index is 0.710. The number of fused-ring (bicyclic) bond motifs is 1. The molecule has 1 aliphatic heterocycles. The van der Waals surface area contributed by atoms with E-state index in [1.54, 1.807) is 11.3 Å². The van der Waals surface area contributed by atoms with Gasteiger partial charge in [-0.2, -0.15) is 0 Å². The van der Waals surface area contributed by atoms with Crippen LogP contribution in [0.1, 0.15) is 11.4 Å². The molecule has 0 bridgehead atoms. The summed E-state index contributed by atoms with van der Waals surface area (Å²) in [4.78, 5) is 13.2. The quantitative estimate of drug-likeness (QED) is 0.410. The summed E-state index contributed by atoms with van der Waals surface area (Å²) >= 11 is 8.03. The average Bonchev–Trinajstić information content (AvgIpc) is 3.22. The van der Waals surface area contributed by atoms with Gasteiger partial charge in [-0.1, -0.05) is 48.0 Å². The number of aromatic nitrogens is 2.